The Labute approximate surface area is 193 Å². The number of amides is 1. The van der Waals surface area contributed by atoms with E-state index >= 15 is 0 Å². The number of fused-ring (bicyclic) bond motifs is 2. The molecule has 3 aromatic rings. The minimum absolute atomic E-state index is 0.131. The third kappa shape index (κ3) is 3.99. The molecule has 33 heavy (non-hydrogen) atoms. The van der Waals surface area contributed by atoms with Crippen LogP contribution in [0.5, 0.6) is 0 Å². The van der Waals surface area contributed by atoms with Crippen molar-refractivity contribution in [3.8, 4) is 0 Å². The molecule has 1 aromatic heterocycles. The van der Waals surface area contributed by atoms with E-state index in [0.29, 0.717) is 29.0 Å². The second-order valence-corrected chi connectivity index (χ2v) is 10.8. The Hall–Kier alpha value is -2.59. The molecule has 2 N–H and O–H groups in total. The fourth-order valence-electron chi connectivity index (χ4n) is 4.96. The van der Waals surface area contributed by atoms with Crippen LogP contribution in [0, 0.1) is 6.92 Å². The molecule has 1 saturated heterocycles. The largest absolute Gasteiger partial charge is 0.420 e. The Morgan fingerprint density at radius 2 is 1.76 bits per heavy atom. The summed E-state index contributed by atoms with van der Waals surface area (Å²) < 4.78 is 29.6. The second kappa shape index (κ2) is 8.64. The van der Waals surface area contributed by atoms with Crippen molar-refractivity contribution in [2.75, 3.05) is 26.2 Å². The van der Waals surface area contributed by atoms with Gasteiger partial charge < -0.3 is 9.32 Å². The maximum Gasteiger partial charge on any atom is 0.420 e. The molecule has 0 radical (unpaired) electrons. The molecule has 0 aliphatic carbocycles. The molecule has 5 rings (SSSR count). The van der Waals surface area contributed by atoms with Gasteiger partial charge in [-0.1, -0.05) is 29.0 Å². The molecular weight excluding hydrogens is 442 g/mol. The first-order valence-corrected chi connectivity index (χ1v) is 12.9. The highest BCUT2D eigenvalue weighted by atomic mass is 32.3. The number of carbonyl (C=O) groups is 1. The lowest BCUT2D eigenvalue weighted by atomic mass is 10.0. The van der Waals surface area contributed by atoms with Crippen molar-refractivity contribution >= 4 is 27.8 Å². The zero-order valence-electron chi connectivity index (χ0n) is 18.6. The number of hydrogen-bond donors (Lipinski definition) is 2. The maximum atomic E-state index is 12.6. The Balaban J connectivity index is 1.13. The number of likely N-dealkylation sites (tertiary alicyclic amines) is 1. The number of piperidine rings is 1. The van der Waals surface area contributed by atoms with Crippen LogP contribution in [0.4, 0.5) is 0 Å². The highest BCUT2D eigenvalue weighted by Gasteiger charge is 2.40. The van der Waals surface area contributed by atoms with Gasteiger partial charge >= 0.3 is 5.76 Å². The SMILES string of the molecule is Cc1ccc2c(c1)oc(=O)n2C1CCN(CCCCN2C(=O)c3ccccc3S2(O)O)CC1. The number of hydrogen-bond acceptors (Lipinski definition) is 6. The van der Waals surface area contributed by atoms with Crippen LogP contribution >= 0.6 is 10.8 Å². The maximum absolute atomic E-state index is 12.6. The van der Waals surface area contributed by atoms with Gasteiger partial charge in [-0.3, -0.25) is 18.5 Å². The van der Waals surface area contributed by atoms with Crippen LogP contribution in [0.1, 0.15) is 47.6 Å². The number of oxazole rings is 1. The van der Waals surface area contributed by atoms with Crippen LogP contribution in [0.25, 0.3) is 11.1 Å². The van der Waals surface area contributed by atoms with Gasteiger partial charge in [0.25, 0.3) is 5.91 Å². The van der Waals surface area contributed by atoms with Gasteiger partial charge in [0.2, 0.25) is 0 Å². The van der Waals surface area contributed by atoms with E-state index in [1.54, 1.807) is 28.8 Å². The Bertz CT molecular complexity index is 1240. The Morgan fingerprint density at radius 3 is 2.52 bits per heavy atom. The third-order valence-electron chi connectivity index (χ3n) is 6.72. The predicted molar refractivity (Wildman–Crippen MR) is 128 cm³/mol. The van der Waals surface area contributed by atoms with Gasteiger partial charge in [0, 0.05) is 25.7 Å². The first-order chi connectivity index (χ1) is 15.9. The van der Waals surface area contributed by atoms with Crippen molar-refractivity contribution in [3.05, 3.63) is 64.1 Å². The molecular formula is C24H29N3O5S. The van der Waals surface area contributed by atoms with Gasteiger partial charge in [0.05, 0.1) is 16.0 Å². The van der Waals surface area contributed by atoms with E-state index in [9.17, 15) is 18.7 Å². The van der Waals surface area contributed by atoms with Crippen LogP contribution in [-0.4, -0.2) is 55.0 Å². The van der Waals surface area contributed by atoms with Gasteiger partial charge in [0.15, 0.2) is 5.58 Å². The van der Waals surface area contributed by atoms with Crippen LogP contribution < -0.4 is 5.76 Å². The van der Waals surface area contributed by atoms with Gasteiger partial charge in [-0.05, 0) is 69.0 Å². The summed E-state index contributed by atoms with van der Waals surface area (Å²) in [6.07, 6.45) is 3.31. The summed E-state index contributed by atoms with van der Waals surface area (Å²) in [6.45, 7) is 4.96. The average molecular weight is 472 g/mol. The number of aryl methyl sites for hydroxylation is 1. The topological polar surface area (TPSA) is 99.2 Å². The molecule has 1 amide bonds. The van der Waals surface area contributed by atoms with Crippen molar-refractivity contribution in [2.24, 2.45) is 0 Å². The molecule has 0 atom stereocenters. The molecule has 0 unspecified atom stereocenters. The molecule has 0 bridgehead atoms. The molecule has 2 aliphatic heterocycles. The van der Waals surface area contributed by atoms with Gasteiger partial charge in [-0.25, -0.2) is 9.10 Å². The van der Waals surface area contributed by atoms with E-state index in [4.69, 9.17) is 4.42 Å². The molecule has 2 aliphatic rings. The quantitative estimate of drug-likeness (QED) is 0.514. The normalized spacial score (nSPS) is 19.8. The lowest BCUT2D eigenvalue weighted by molar-refractivity contribution is 0.0859. The summed E-state index contributed by atoms with van der Waals surface area (Å²) in [7, 11) is -3.23. The minimum atomic E-state index is -3.23. The molecule has 2 aromatic carbocycles. The molecule has 8 nitrogen and oxygen atoms in total. The number of carbonyl (C=O) groups excluding carboxylic acids is 1. The summed E-state index contributed by atoms with van der Waals surface area (Å²) in [6, 6.07) is 12.7. The van der Waals surface area contributed by atoms with Gasteiger partial charge in [0.1, 0.15) is 0 Å². The first kappa shape index (κ1) is 22.2. The number of rotatable bonds is 6. The van der Waals surface area contributed by atoms with Crippen molar-refractivity contribution in [2.45, 2.75) is 43.5 Å². The smallest absolute Gasteiger partial charge is 0.408 e. The number of nitrogens with zero attached hydrogens (tertiary/aromatic N) is 3. The highest BCUT2D eigenvalue weighted by molar-refractivity contribution is 8.23. The molecule has 0 spiro atoms. The third-order valence-corrected chi connectivity index (χ3v) is 8.63. The van der Waals surface area contributed by atoms with Gasteiger partial charge in [-0.2, -0.15) is 0 Å². The summed E-state index contributed by atoms with van der Waals surface area (Å²) in [4.78, 5) is 27.7. The fourth-order valence-corrected chi connectivity index (χ4v) is 6.62. The zero-order chi connectivity index (χ0) is 23.2. The standard InChI is InChI=1S/C24H29N3O5S/c1-17-8-9-20-21(16-17)32-24(29)27(20)18-10-14-25(15-11-18)12-4-5-13-26-23(28)19-6-2-3-7-22(19)33(26,30)31/h2-3,6-9,16,18,30-31H,4-5,10-15H2,1H3. The van der Waals surface area contributed by atoms with E-state index in [1.807, 2.05) is 25.1 Å². The Kier molecular flexibility index (Phi) is 5.82. The Morgan fingerprint density at radius 1 is 1.03 bits per heavy atom. The highest BCUT2D eigenvalue weighted by Crippen LogP contribution is 2.58. The number of benzene rings is 2. The molecule has 3 heterocycles. The summed E-state index contributed by atoms with van der Waals surface area (Å²) in [5.74, 6) is -0.594. The van der Waals surface area contributed by atoms with Gasteiger partial charge in [-0.15, -0.1) is 0 Å². The monoisotopic (exact) mass is 471 g/mol. The van der Waals surface area contributed by atoms with Crippen molar-refractivity contribution in [1.82, 2.24) is 13.8 Å². The van der Waals surface area contributed by atoms with Crippen molar-refractivity contribution in [3.63, 3.8) is 0 Å². The molecule has 9 heteroatoms. The van der Waals surface area contributed by atoms with E-state index in [-0.39, 0.29) is 17.7 Å². The number of unbranched alkanes of at least 4 members (excludes halogenated alkanes) is 1. The number of aromatic nitrogens is 1. The average Bonchev–Trinajstić information content (AvgIpc) is 3.22. The van der Waals surface area contributed by atoms with E-state index in [2.05, 4.69) is 4.90 Å². The molecule has 176 valence electrons. The fraction of sp³-hybridized carbons (Fsp3) is 0.417. The second-order valence-electron chi connectivity index (χ2n) is 8.91. The van der Waals surface area contributed by atoms with Crippen LogP contribution in [-0.2, 0) is 0 Å². The van der Waals surface area contributed by atoms with Crippen molar-refractivity contribution < 1.29 is 18.3 Å². The van der Waals surface area contributed by atoms with Crippen molar-refractivity contribution in [1.29, 1.82) is 0 Å². The van der Waals surface area contributed by atoms with Crippen LogP contribution in [0.15, 0.2) is 56.6 Å². The van der Waals surface area contributed by atoms with E-state index in [0.717, 1.165) is 50.0 Å². The first-order valence-electron chi connectivity index (χ1n) is 11.4. The van der Waals surface area contributed by atoms with Crippen LogP contribution in [0.2, 0.25) is 0 Å². The van der Waals surface area contributed by atoms with E-state index < -0.39 is 10.8 Å². The lowest BCUT2D eigenvalue weighted by Crippen LogP contribution is -2.37. The predicted octanol–water partition coefficient (Wildman–Crippen LogP) is 4.50. The minimum Gasteiger partial charge on any atom is -0.408 e. The van der Waals surface area contributed by atoms with E-state index in [1.165, 1.54) is 4.31 Å². The molecule has 1 fully saturated rings. The summed E-state index contributed by atoms with van der Waals surface area (Å²) in [5.41, 5.74) is 2.96. The summed E-state index contributed by atoms with van der Waals surface area (Å²) in [5, 5.41) is 0. The van der Waals surface area contributed by atoms with Crippen LogP contribution in [0.3, 0.4) is 0 Å². The molecule has 0 saturated carbocycles. The lowest BCUT2D eigenvalue weighted by Gasteiger charge is -2.37. The summed E-state index contributed by atoms with van der Waals surface area (Å²) >= 11 is 0. The zero-order valence-corrected chi connectivity index (χ0v) is 19.5.